The van der Waals surface area contributed by atoms with Crippen LogP contribution >= 0.6 is 0 Å². The predicted octanol–water partition coefficient (Wildman–Crippen LogP) is 3.88. The molecule has 1 aromatic rings. The molecule has 21 heavy (non-hydrogen) atoms. The lowest BCUT2D eigenvalue weighted by atomic mass is 9.73. The van der Waals surface area contributed by atoms with Gasteiger partial charge in [0.25, 0.3) is 0 Å². The van der Waals surface area contributed by atoms with Gasteiger partial charge in [0.05, 0.1) is 6.61 Å². The Morgan fingerprint density at radius 2 is 1.95 bits per heavy atom. The van der Waals surface area contributed by atoms with E-state index >= 15 is 0 Å². The number of aryl methyl sites for hydroxylation is 1. The van der Waals surface area contributed by atoms with Crippen LogP contribution in [0.1, 0.15) is 56.6 Å². The zero-order valence-electron chi connectivity index (χ0n) is 13.0. The fraction of sp³-hybridized carbons (Fsp3) is 0.611. The lowest BCUT2D eigenvalue weighted by Crippen LogP contribution is -2.38. The molecule has 1 aliphatic heterocycles. The topological polar surface area (TPSA) is 38.8 Å². The number of esters is 1. The molecule has 1 unspecified atom stereocenters. The number of ether oxygens (including phenoxy) is 2. The maximum atomic E-state index is 12.6. The van der Waals surface area contributed by atoms with Crippen LogP contribution in [0.2, 0.25) is 0 Å². The molecule has 0 aromatic heterocycles. The Kier molecular flexibility index (Phi) is 3.78. The zero-order valence-corrected chi connectivity index (χ0v) is 13.0. The number of epoxide rings is 1. The molecule has 0 bridgehead atoms. The quantitative estimate of drug-likeness (QED) is 0.453. The molecule has 3 nitrogen and oxygen atoms in total. The first-order valence-corrected chi connectivity index (χ1v) is 8.09. The fourth-order valence-corrected chi connectivity index (χ4v) is 3.29. The van der Waals surface area contributed by atoms with Gasteiger partial charge in [0.15, 0.2) is 0 Å². The van der Waals surface area contributed by atoms with Crippen molar-refractivity contribution in [3.63, 3.8) is 0 Å². The van der Waals surface area contributed by atoms with E-state index in [1.54, 1.807) is 0 Å². The summed E-state index contributed by atoms with van der Waals surface area (Å²) in [6.45, 7) is 4.69. The van der Waals surface area contributed by atoms with Gasteiger partial charge < -0.3 is 9.47 Å². The SMILES string of the molecule is CCCCCOC(=O)C1(c2ccc(C)cc2)OC12CCC2. The summed E-state index contributed by atoms with van der Waals surface area (Å²) in [6.07, 6.45) is 6.21. The van der Waals surface area contributed by atoms with Gasteiger partial charge in [-0.1, -0.05) is 49.6 Å². The largest absolute Gasteiger partial charge is 0.463 e. The standard InChI is InChI=1S/C18H24O3/c1-3-4-5-13-20-16(19)18(17(21-18)11-6-12-17)15-9-7-14(2)8-10-15/h7-10H,3-6,11-13H2,1-2H3. The minimum Gasteiger partial charge on any atom is -0.463 e. The van der Waals surface area contributed by atoms with E-state index in [1.165, 1.54) is 5.56 Å². The van der Waals surface area contributed by atoms with E-state index in [0.717, 1.165) is 44.1 Å². The maximum absolute atomic E-state index is 12.6. The molecule has 3 rings (SSSR count). The van der Waals surface area contributed by atoms with Crippen molar-refractivity contribution in [1.29, 1.82) is 0 Å². The van der Waals surface area contributed by atoms with Crippen LogP contribution in [0.5, 0.6) is 0 Å². The van der Waals surface area contributed by atoms with E-state index < -0.39 is 5.60 Å². The lowest BCUT2D eigenvalue weighted by Gasteiger charge is -2.26. The molecule has 1 spiro atoms. The van der Waals surface area contributed by atoms with E-state index in [1.807, 2.05) is 31.2 Å². The van der Waals surface area contributed by atoms with Gasteiger partial charge in [-0.3, -0.25) is 0 Å². The number of hydrogen-bond donors (Lipinski definition) is 0. The molecule has 114 valence electrons. The summed E-state index contributed by atoms with van der Waals surface area (Å²) in [7, 11) is 0. The first kappa shape index (κ1) is 14.6. The number of rotatable bonds is 6. The first-order valence-electron chi connectivity index (χ1n) is 8.09. The van der Waals surface area contributed by atoms with Crippen LogP contribution in [0.3, 0.4) is 0 Å². The van der Waals surface area contributed by atoms with Gasteiger partial charge in [-0.2, -0.15) is 0 Å². The second kappa shape index (κ2) is 5.45. The van der Waals surface area contributed by atoms with Crippen LogP contribution in [-0.2, 0) is 19.9 Å². The second-order valence-corrected chi connectivity index (χ2v) is 6.34. The van der Waals surface area contributed by atoms with Gasteiger partial charge in [0, 0.05) is 0 Å². The Morgan fingerprint density at radius 3 is 2.48 bits per heavy atom. The van der Waals surface area contributed by atoms with Crippen molar-refractivity contribution in [2.75, 3.05) is 6.61 Å². The summed E-state index contributed by atoms with van der Waals surface area (Å²) in [5.41, 5.74) is 1.04. The van der Waals surface area contributed by atoms with Crippen LogP contribution in [-0.4, -0.2) is 18.2 Å². The highest BCUT2D eigenvalue weighted by Gasteiger charge is 2.78. The predicted molar refractivity (Wildman–Crippen MR) is 81.0 cm³/mol. The van der Waals surface area contributed by atoms with Crippen LogP contribution in [0, 0.1) is 6.92 Å². The Balaban J connectivity index is 1.76. The molecular formula is C18H24O3. The molecule has 1 saturated carbocycles. The molecule has 1 aromatic carbocycles. The summed E-state index contributed by atoms with van der Waals surface area (Å²) < 4.78 is 11.5. The van der Waals surface area contributed by atoms with Crippen molar-refractivity contribution in [3.05, 3.63) is 35.4 Å². The average Bonchev–Trinajstić information content (AvgIpc) is 3.16. The monoisotopic (exact) mass is 288 g/mol. The van der Waals surface area contributed by atoms with Gasteiger partial charge in [-0.25, -0.2) is 4.79 Å². The number of unbranched alkanes of at least 4 members (excludes halogenated alkanes) is 2. The van der Waals surface area contributed by atoms with Crippen LogP contribution < -0.4 is 0 Å². The highest BCUT2D eigenvalue weighted by atomic mass is 16.7. The van der Waals surface area contributed by atoms with Crippen molar-refractivity contribution < 1.29 is 14.3 Å². The summed E-state index contributed by atoms with van der Waals surface area (Å²) >= 11 is 0. The molecule has 2 aliphatic rings. The highest BCUT2D eigenvalue weighted by molar-refractivity contribution is 5.87. The Morgan fingerprint density at radius 1 is 1.24 bits per heavy atom. The Labute approximate surface area is 126 Å². The third kappa shape index (κ3) is 2.28. The third-order valence-electron chi connectivity index (χ3n) is 4.84. The van der Waals surface area contributed by atoms with Gasteiger partial charge >= 0.3 is 5.97 Å². The van der Waals surface area contributed by atoms with Crippen molar-refractivity contribution >= 4 is 5.97 Å². The minimum atomic E-state index is -0.828. The minimum absolute atomic E-state index is 0.192. The van der Waals surface area contributed by atoms with Crippen LogP contribution in [0.25, 0.3) is 0 Å². The number of benzene rings is 1. The average molecular weight is 288 g/mol. The van der Waals surface area contributed by atoms with E-state index in [9.17, 15) is 4.79 Å². The number of carbonyl (C=O) groups excluding carboxylic acids is 1. The van der Waals surface area contributed by atoms with Crippen molar-refractivity contribution in [2.24, 2.45) is 0 Å². The number of hydrogen-bond acceptors (Lipinski definition) is 3. The van der Waals surface area contributed by atoms with Crippen LogP contribution in [0.15, 0.2) is 24.3 Å². The molecule has 1 heterocycles. The van der Waals surface area contributed by atoms with Gasteiger partial charge in [-0.05, 0) is 38.2 Å². The van der Waals surface area contributed by atoms with Crippen molar-refractivity contribution in [3.8, 4) is 0 Å². The van der Waals surface area contributed by atoms with E-state index in [4.69, 9.17) is 9.47 Å². The fourth-order valence-electron chi connectivity index (χ4n) is 3.29. The summed E-state index contributed by atoms with van der Waals surface area (Å²) in [5.74, 6) is -0.192. The molecule has 2 fully saturated rings. The van der Waals surface area contributed by atoms with E-state index in [2.05, 4.69) is 6.92 Å². The second-order valence-electron chi connectivity index (χ2n) is 6.34. The van der Waals surface area contributed by atoms with E-state index in [-0.39, 0.29) is 11.6 Å². The van der Waals surface area contributed by atoms with E-state index in [0.29, 0.717) is 6.61 Å². The summed E-state index contributed by atoms with van der Waals surface area (Å²) in [6, 6.07) is 8.09. The molecular weight excluding hydrogens is 264 g/mol. The zero-order chi connectivity index (χ0) is 14.9. The lowest BCUT2D eigenvalue weighted by molar-refractivity contribution is -0.150. The maximum Gasteiger partial charge on any atom is 0.346 e. The van der Waals surface area contributed by atoms with Gasteiger partial charge in [0.1, 0.15) is 5.60 Å². The van der Waals surface area contributed by atoms with Crippen LogP contribution in [0.4, 0.5) is 0 Å². The smallest absolute Gasteiger partial charge is 0.346 e. The van der Waals surface area contributed by atoms with Gasteiger partial charge in [-0.15, -0.1) is 0 Å². The first-order chi connectivity index (χ1) is 10.1. The third-order valence-corrected chi connectivity index (χ3v) is 4.84. The van der Waals surface area contributed by atoms with Crippen molar-refractivity contribution in [2.45, 2.75) is 63.6 Å². The molecule has 1 atom stereocenters. The molecule has 0 N–H and O–H groups in total. The normalized spacial score (nSPS) is 25.4. The molecule has 1 aliphatic carbocycles. The Hall–Kier alpha value is -1.35. The highest BCUT2D eigenvalue weighted by Crippen LogP contribution is 2.66. The van der Waals surface area contributed by atoms with Crippen molar-refractivity contribution in [1.82, 2.24) is 0 Å². The molecule has 1 saturated heterocycles. The van der Waals surface area contributed by atoms with Gasteiger partial charge in [0.2, 0.25) is 5.60 Å². The summed E-state index contributed by atoms with van der Waals surface area (Å²) in [5, 5.41) is 0. The number of carbonyl (C=O) groups is 1. The Bertz CT molecular complexity index is 516. The molecule has 3 heteroatoms. The molecule has 0 amide bonds. The molecule has 0 radical (unpaired) electrons. The summed E-state index contributed by atoms with van der Waals surface area (Å²) in [4.78, 5) is 12.6.